The summed E-state index contributed by atoms with van der Waals surface area (Å²) < 4.78 is 36.4. The number of nitrogens with one attached hydrogen (secondary N) is 1. The van der Waals surface area contributed by atoms with Crippen molar-refractivity contribution in [2.45, 2.75) is 16.2 Å². The molecule has 4 nitrogen and oxygen atoms in total. The van der Waals surface area contributed by atoms with Crippen molar-refractivity contribution in [1.29, 1.82) is 0 Å². The van der Waals surface area contributed by atoms with E-state index in [9.17, 15) is 17.6 Å². The van der Waals surface area contributed by atoms with Gasteiger partial charge in [0.25, 0.3) is 0 Å². The third kappa shape index (κ3) is 5.37. The second-order valence-electron chi connectivity index (χ2n) is 4.88. The molecule has 122 valence electrons. The monoisotopic (exact) mass is 353 g/mol. The lowest BCUT2D eigenvalue weighted by atomic mass is 10.3. The van der Waals surface area contributed by atoms with Gasteiger partial charge < -0.3 is 5.32 Å². The maximum absolute atomic E-state index is 13.4. The number of rotatable bonds is 6. The van der Waals surface area contributed by atoms with E-state index in [0.29, 0.717) is 16.3 Å². The molecule has 0 aliphatic heterocycles. The van der Waals surface area contributed by atoms with E-state index in [-0.39, 0.29) is 23.0 Å². The Balaban J connectivity index is 1.89. The van der Waals surface area contributed by atoms with E-state index in [1.54, 1.807) is 30.3 Å². The fourth-order valence-electron chi connectivity index (χ4n) is 1.84. The number of sulfone groups is 1. The first-order valence-corrected chi connectivity index (χ1v) is 9.71. The Morgan fingerprint density at radius 1 is 1.17 bits per heavy atom. The molecule has 0 heterocycles. The molecule has 1 amide bonds. The summed E-state index contributed by atoms with van der Waals surface area (Å²) in [5, 5.41) is 2.64. The number of thioether (sulfide) groups is 1. The third-order valence-electron chi connectivity index (χ3n) is 2.97. The number of amides is 1. The highest BCUT2D eigenvalue weighted by Gasteiger charge is 2.09. The van der Waals surface area contributed by atoms with Gasteiger partial charge in [0.05, 0.1) is 4.90 Å². The van der Waals surface area contributed by atoms with Crippen molar-refractivity contribution < 1.29 is 17.6 Å². The summed E-state index contributed by atoms with van der Waals surface area (Å²) in [7, 11) is -3.32. The Morgan fingerprint density at radius 2 is 1.91 bits per heavy atom. The smallest absolute Gasteiger partial charge is 0.225 e. The molecule has 2 aromatic rings. The molecule has 0 aliphatic rings. The molecule has 23 heavy (non-hydrogen) atoms. The lowest BCUT2D eigenvalue weighted by Gasteiger charge is -2.07. The van der Waals surface area contributed by atoms with Crippen LogP contribution >= 0.6 is 11.8 Å². The number of carbonyl (C=O) groups is 1. The molecule has 0 unspecified atom stereocenters. The Labute approximate surface area is 139 Å². The highest BCUT2D eigenvalue weighted by atomic mass is 32.2. The van der Waals surface area contributed by atoms with Gasteiger partial charge in [-0.1, -0.05) is 18.2 Å². The Bertz CT molecular complexity index is 806. The van der Waals surface area contributed by atoms with Crippen LogP contribution in [-0.4, -0.2) is 26.3 Å². The zero-order chi connectivity index (χ0) is 16.9. The first-order valence-electron chi connectivity index (χ1n) is 6.83. The van der Waals surface area contributed by atoms with Gasteiger partial charge in [0.2, 0.25) is 5.91 Å². The predicted molar refractivity (Wildman–Crippen MR) is 89.9 cm³/mol. The van der Waals surface area contributed by atoms with Crippen molar-refractivity contribution >= 4 is 33.2 Å². The van der Waals surface area contributed by atoms with Crippen LogP contribution in [0, 0.1) is 5.82 Å². The van der Waals surface area contributed by atoms with Gasteiger partial charge >= 0.3 is 0 Å². The molecule has 0 atom stereocenters. The van der Waals surface area contributed by atoms with Crippen LogP contribution in [0.4, 0.5) is 10.1 Å². The molecule has 0 bridgehead atoms. The molecule has 0 fully saturated rings. The predicted octanol–water partition coefficient (Wildman–Crippen LogP) is 3.35. The van der Waals surface area contributed by atoms with E-state index < -0.39 is 9.84 Å². The molecule has 0 saturated heterocycles. The molecule has 7 heteroatoms. The number of anilines is 1. The summed E-state index contributed by atoms with van der Waals surface area (Å²) in [5.74, 6) is -0.128. The normalized spacial score (nSPS) is 11.2. The molecular weight excluding hydrogens is 337 g/mol. The Kier molecular flexibility index (Phi) is 5.79. The molecule has 0 aliphatic carbocycles. The van der Waals surface area contributed by atoms with Crippen molar-refractivity contribution in [2.24, 2.45) is 0 Å². The van der Waals surface area contributed by atoms with E-state index >= 15 is 0 Å². The maximum Gasteiger partial charge on any atom is 0.225 e. The lowest BCUT2D eigenvalue weighted by molar-refractivity contribution is -0.115. The second kappa shape index (κ2) is 7.61. The quantitative estimate of drug-likeness (QED) is 0.809. The average Bonchev–Trinajstić information content (AvgIpc) is 2.48. The van der Waals surface area contributed by atoms with E-state index in [1.165, 1.54) is 30.0 Å². The first kappa shape index (κ1) is 17.5. The number of hydrogen-bond donors (Lipinski definition) is 1. The summed E-state index contributed by atoms with van der Waals surface area (Å²) in [6.45, 7) is 0. The van der Waals surface area contributed by atoms with Gasteiger partial charge in [0.1, 0.15) is 5.82 Å². The summed E-state index contributed by atoms with van der Waals surface area (Å²) >= 11 is 1.26. The van der Waals surface area contributed by atoms with Gasteiger partial charge in [-0.05, 0) is 30.3 Å². The zero-order valence-electron chi connectivity index (χ0n) is 12.5. The van der Waals surface area contributed by atoms with Gasteiger partial charge in [-0.2, -0.15) is 0 Å². The van der Waals surface area contributed by atoms with Gasteiger partial charge in [-0.3, -0.25) is 4.79 Å². The molecular formula is C16H16FNO3S2. The third-order valence-corrected chi connectivity index (χ3v) is 5.13. The molecule has 0 saturated carbocycles. The summed E-state index contributed by atoms with van der Waals surface area (Å²) in [6, 6.07) is 12.5. The summed E-state index contributed by atoms with van der Waals surface area (Å²) in [4.78, 5) is 12.5. The van der Waals surface area contributed by atoms with Crippen LogP contribution in [0.2, 0.25) is 0 Å². The SMILES string of the molecule is CS(=O)(=O)c1cccc(NC(=O)CCSc2ccccc2F)c1. The molecule has 0 radical (unpaired) electrons. The van der Waals surface area contributed by atoms with E-state index in [0.717, 1.165) is 6.26 Å². The highest BCUT2D eigenvalue weighted by molar-refractivity contribution is 7.99. The van der Waals surface area contributed by atoms with Crippen molar-refractivity contribution in [2.75, 3.05) is 17.3 Å². The Hall–Kier alpha value is -1.86. The number of halogens is 1. The molecule has 0 spiro atoms. The summed E-state index contributed by atoms with van der Waals surface area (Å²) in [6.07, 6.45) is 1.31. The standard InChI is InChI=1S/C16H16FNO3S2/c1-23(20,21)13-6-4-5-12(11-13)18-16(19)9-10-22-15-8-3-2-7-14(15)17/h2-8,11H,9-10H2,1H3,(H,18,19). The first-order chi connectivity index (χ1) is 10.9. The van der Waals surface area contributed by atoms with Crippen LogP contribution in [0.3, 0.4) is 0 Å². The van der Waals surface area contributed by atoms with Gasteiger partial charge in [0.15, 0.2) is 9.84 Å². The zero-order valence-corrected chi connectivity index (χ0v) is 14.1. The van der Waals surface area contributed by atoms with Crippen LogP contribution < -0.4 is 5.32 Å². The summed E-state index contributed by atoms with van der Waals surface area (Å²) in [5.41, 5.74) is 0.425. The van der Waals surface area contributed by atoms with Crippen LogP contribution in [0.25, 0.3) is 0 Å². The molecule has 1 N–H and O–H groups in total. The second-order valence-corrected chi connectivity index (χ2v) is 8.03. The van der Waals surface area contributed by atoms with E-state index in [2.05, 4.69) is 5.32 Å². The molecule has 2 rings (SSSR count). The fraction of sp³-hybridized carbons (Fsp3) is 0.188. The van der Waals surface area contributed by atoms with Crippen LogP contribution in [0.5, 0.6) is 0 Å². The average molecular weight is 353 g/mol. The van der Waals surface area contributed by atoms with E-state index in [4.69, 9.17) is 0 Å². The number of hydrogen-bond acceptors (Lipinski definition) is 4. The maximum atomic E-state index is 13.4. The Morgan fingerprint density at radius 3 is 2.61 bits per heavy atom. The van der Waals surface area contributed by atoms with Crippen molar-refractivity contribution in [1.82, 2.24) is 0 Å². The fourth-order valence-corrected chi connectivity index (χ4v) is 3.40. The minimum absolute atomic E-state index is 0.149. The van der Waals surface area contributed by atoms with Gasteiger partial charge in [-0.15, -0.1) is 11.8 Å². The van der Waals surface area contributed by atoms with Gasteiger partial charge in [0, 0.05) is 29.0 Å². The lowest BCUT2D eigenvalue weighted by Crippen LogP contribution is -2.12. The minimum Gasteiger partial charge on any atom is -0.326 e. The van der Waals surface area contributed by atoms with E-state index in [1.807, 2.05) is 0 Å². The molecule has 0 aromatic heterocycles. The van der Waals surface area contributed by atoms with Crippen LogP contribution in [0.15, 0.2) is 58.3 Å². The van der Waals surface area contributed by atoms with Gasteiger partial charge in [-0.25, -0.2) is 12.8 Å². The topological polar surface area (TPSA) is 63.2 Å². The minimum atomic E-state index is -3.32. The number of carbonyl (C=O) groups excluding carboxylic acids is 1. The molecule has 2 aromatic carbocycles. The number of benzene rings is 2. The van der Waals surface area contributed by atoms with Crippen LogP contribution in [-0.2, 0) is 14.6 Å². The van der Waals surface area contributed by atoms with Crippen LogP contribution in [0.1, 0.15) is 6.42 Å². The largest absolute Gasteiger partial charge is 0.326 e. The highest BCUT2D eigenvalue weighted by Crippen LogP contribution is 2.22. The van der Waals surface area contributed by atoms with Crippen molar-refractivity contribution in [3.05, 3.63) is 54.3 Å². The van der Waals surface area contributed by atoms with Crippen molar-refractivity contribution in [3.63, 3.8) is 0 Å². The van der Waals surface area contributed by atoms with Crippen molar-refractivity contribution in [3.8, 4) is 0 Å².